The molecule has 78 valence electrons. The molecule has 0 saturated heterocycles. The number of aromatic nitrogens is 2. The summed E-state index contributed by atoms with van der Waals surface area (Å²) in [5, 5.41) is 0.998. The van der Waals surface area contributed by atoms with Crippen LogP contribution in [0.15, 0.2) is 42.0 Å². The summed E-state index contributed by atoms with van der Waals surface area (Å²) in [5.74, 6) is 0. The van der Waals surface area contributed by atoms with Crippen molar-refractivity contribution in [1.29, 1.82) is 0 Å². The Kier molecular flexibility index (Phi) is 2.46. The number of allylic oxidation sites excluding steroid dienone is 1. The van der Waals surface area contributed by atoms with Gasteiger partial charge in [-0.2, -0.15) is 0 Å². The Labute approximate surface area is 88.3 Å². The van der Waals surface area contributed by atoms with Crippen molar-refractivity contribution in [1.82, 2.24) is 9.13 Å². The van der Waals surface area contributed by atoms with E-state index in [1.807, 2.05) is 42.2 Å². The van der Waals surface area contributed by atoms with Crippen molar-refractivity contribution in [3.8, 4) is 0 Å². The highest BCUT2D eigenvalue weighted by Gasteiger charge is 2.04. The first kappa shape index (κ1) is 9.77. The van der Waals surface area contributed by atoms with Crippen LogP contribution in [0, 0.1) is 0 Å². The molecule has 2 aromatic heterocycles. The Morgan fingerprint density at radius 3 is 2.87 bits per heavy atom. The van der Waals surface area contributed by atoms with E-state index in [2.05, 4.69) is 6.58 Å². The van der Waals surface area contributed by atoms with E-state index in [1.165, 1.54) is 0 Å². The van der Waals surface area contributed by atoms with Crippen LogP contribution in [-0.2, 0) is 13.6 Å². The first-order chi connectivity index (χ1) is 7.24. The number of aryl methyl sites for hydroxylation is 2. The van der Waals surface area contributed by atoms with Gasteiger partial charge in [-0.05, 0) is 18.6 Å². The molecule has 2 heterocycles. The lowest BCUT2D eigenvalue weighted by Gasteiger charge is -2.04. The van der Waals surface area contributed by atoms with Crippen LogP contribution in [-0.4, -0.2) is 9.13 Å². The van der Waals surface area contributed by atoms with Gasteiger partial charge in [0.15, 0.2) is 0 Å². The monoisotopic (exact) mass is 202 g/mol. The lowest BCUT2D eigenvalue weighted by molar-refractivity contribution is 0.684. The second kappa shape index (κ2) is 3.77. The molecule has 0 aromatic carbocycles. The Morgan fingerprint density at radius 2 is 2.13 bits per heavy atom. The van der Waals surface area contributed by atoms with Crippen molar-refractivity contribution in [2.75, 3.05) is 0 Å². The molecule has 0 fully saturated rings. The number of hydrogen-bond donors (Lipinski definition) is 0. The Bertz CT molecular complexity index is 548. The summed E-state index contributed by atoms with van der Waals surface area (Å²) in [4.78, 5) is 12.0. The van der Waals surface area contributed by atoms with Gasteiger partial charge in [-0.3, -0.25) is 4.79 Å². The maximum atomic E-state index is 12.0. The van der Waals surface area contributed by atoms with Crippen molar-refractivity contribution in [2.24, 2.45) is 7.05 Å². The van der Waals surface area contributed by atoms with E-state index >= 15 is 0 Å². The third kappa shape index (κ3) is 1.61. The lowest BCUT2D eigenvalue weighted by atomic mass is 10.3. The largest absolute Gasteiger partial charge is 0.346 e. The van der Waals surface area contributed by atoms with Crippen molar-refractivity contribution in [2.45, 2.75) is 13.0 Å². The molecule has 2 rings (SSSR count). The van der Waals surface area contributed by atoms with Crippen molar-refractivity contribution in [3.05, 3.63) is 47.5 Å². The van der Waals surface area contributed by atoms with E-state index < -0.39 is 0 Å². The summed E-state index contributed by atoms with van der Waals surface area (Å²) < 4.78 is 3.59. The molecule has 0 N–H and O–H groups in total. The molecule has 2 aromatic rings. The Balaban J connectivity index is 2.58. The maximum Gasteiger partial charge on any atom is 0.275 e. The molecule has 0 bridgehead atoms. The van der Waals surface area contributed by atoms with E-state index in [1.54, 1.807) is 4.57 Å². The normalized spacial score (nSPS) is 10.7. The third-order valence-corrected chi connectivity index (χ3v) is 2.58. The predicted octanol–water partition coefficient (Wildman–Crippen LogP) is 1.92. The molecule has 0 radical (unpaired) electrons. The van der Waals surface area contributed by atoms with Crippen LogP contribution >= 0.6 is 0 Å². The second-order valence-corrected chi connectivity index (χ2v) is 3.62. The van der Waals surface area contributed by atoms with Gasteiger partial charge in [0.1, 0.15) is 5.52 Å². The number of nitrogens with zero attached hydrogens (tertiary/aromatic N) is 2. The van der Waals surface area contributed by atoms with E-state index in [4.69, 9.17) is 0 Å². The van der Waals surface area contributed by atoms with Crippen molar-refractivity contribution >= 4 is 10.9 Å². The van der Waals surface area contributed by atoms with Gasteiger partial charge in [0.25, 0.3) is 5.56 Å². The van der Waals surface area contributed by atoms with Crippen LogP contribution in [0.1, 0.15) is 6.42 Å². The lowest BCUT2D eigenvalue weighted by Crippen LogP contribution is -2.20. The van der Waals surface area contributed by atoms with Gasteiger partial charge in [-0.25, -0.2) is 0 Å². The van der Waals surface area contributed by atoms with Crippen LogP contribution in [0.5, 0.6) is 0 Å². The topological polar surface area (TPSA) is 26.9 Å². The zero-order chi connectivity index (χ0) is 10.8. The molecule has 0 atom stereocenters. The fourth-order valence-electron chi connectivity index (χ4n) is 1.74. The van der Waals surface area contributed by atoms with Crippen LogP contribution in [0.3, 0.4) is 0 Å². The molecular weight excluding hydrogens is 188 g/mol. The van der Waals surface area contributed by atoms with Gasteiger partial charge < -0.3 is 9.13 Å². The quantitative estimate of drug-likeness (QED) is 0.698. The molecule has 0 unspecified atom stereocenters. The number of rotatable bonds is 3. The van der Waals surface area contributed by atoms with Gasteiger partial charge in [-0.1, -0.05) is 6.08 Å². The van der Waals surface area contributed by atoms with Gasteiger partial charge >= 0.3 is 0 Å². The summed E-state index contributed by atoms with van der Waals surface area (Å²) >= 11 is 0. The Hall–Kier alpha value is -1.77. The Morgan fingerprint density at radius 1 is 1.40 bits per heavy atom. The van der Waals surface area contributed by atoms with Crippen LogP contribution < -0.4 is 5.56 Å². The van der Waals surface area contributed by atoms with Gasteiger partial charge in [0.2, 0.25) is 0 Å². The van der Waals surface area contributed by atoms with E-state index in [0.717, 1.165) is 17.3 Å². The predicted molar refractivity (Wildman–Crippen MR) is 62.0 cm³/mol. The third-order valence-electron chi connectivity index (χ3n) is 2.58. The molecule has 0 aliphatic heterocycles. The smallest absolute Gasteiger partial charge is 0.275 e. The van der Waals surface area contributed by atoms with Crippen LogP contribution in [0.25, 0.3) is 10.9 Å². The summed E-state index contributed by atoms with van der Waals surface area (Å²) in [6, 6.07) is 3.92. The number of fused-ring (bicyclic) bond motifs is 1. The first-order valence-corrected chi connectivity index (χ1v) is 4.99. The molecule has 0 aliphatic rings. The summed E-state index contributed by atoms with van der Waals surface area (Å²) in [6.07, 6.45) is 6.38. The molecule has 0 spiro atoms. The van der Waals surface area contributed by atoms with Gasteiger partial charge in [0.05, 0.1) is 0 Å². The maximum absolute atomic E-state index is 12.0. The van der Waals surface area contributed by atoms with E-state index in [0.29, 0.717) is 6.54 Å². The molecule has 0 saturated carbocycles. The van der Waals surface area contributed by atoms with Crippen LogP contribution in [0.2, 0.25) is 0 Å². The zero-order valence-electron chi connectivity index (χ0n) is 8.81. The minimum absolute atomic E-state index is 0.0712. The minimum Gasteiger partial charge on any atom is -0.346 e. The molecule has 15 heavy (non-hydrogen) atoms. The van der Waals surface area contributed by atoms with E-state index in [9.17, 15) is 4.79 Å². The SMILES string of the molecule is C=CCCn1ccc2ccn(C)c2c1=O. The fourth-order valence-corrected chi connectivity index (χ4v) is 1.74. The van der Waals surface area contributed by atoms with Crippen molar-refractivity contribution < 1.29 is 0 Å². The molecule has 3 heteroatoms. The standard InChI is InChI=1S/C12H14N2O/c1-3-4-7-14-9-6-10-5-8-13(2)11(10)12(14)15/h3,5-6,8-9H,1,4,7H2,2H3. The summed E-state index contributed by atoms with van der Waals surface area (Å²) in [6.45, 7) is 4.35. The van der Waals surface area contributed by atoms with Crippen molar-refractivity contribution in [3.63, 3.8) is 0 Å². The summed E-state index contributed by atoms with van der Waals surface area (Å²) in [5.41, 5.74) is 0.836. The number of pyridine rings is 1. The van der Waals surface area contributed by atoms with Gasteiger partial charge in [-0.15, -0.1) is 6.58 Å². The highest BCUT2D eigenvalue weighted by Crippen LogP contribution is 2.09. The molecule has 0 aliphatic carbocycles. The highest BCUT2D eigenvalue weighted by atomic mass is 16.1. The van der Waals surface area contributed by atoms with Gasteiger partial charge in [0, 0.05) is 31.4 Å². The van der Waals surface area contributed by atoms with E-state index in [-0.39, 0.29) is 5.56 Å². The molecule has 0 amide bonds. The molecular formula is C12H14N2O. The fraction of sp³-hybridized carbons (Fsp3) is 0.250. The number of hydrogen-bond acceptors (Lipinski definition) is 1. The average Bonchev–Trinajstić information content (AvgIpc) is 2.60. The highest BCUT2D eigenvalue weighted by molar-refractivity contribution is 5.78. The molecule has 3 nitrogen and oxygen atoms in total. The first-order valence-electron chi connectivity index (χ1n) is 4.99. The second-order valence-electron chi connectivity index (χ2n) is 3.62. The average molecular weight is 202 g/mol. The zero-order valence-corrected chi connectivity index (χ0v) is 8.81. The summed E-state index contributed by atoms with van der Waals surface area (Å²) in [7, 11) is 1.89. The minimum atomic E-state index is 0.0712. The van der Waals surface area contributed by atoms with Crippen LogP contribution in [0.4, 0.5) is 0 Å².